The molecule has 10 atom stereocenters. The number of nitrogens with two attached hydrogens (primary N) is 1. The first kappa shape index (κ1) is 30.5. The average molecular weight is 549 g/mol. The van der Waals surface area contributed by atoms with Gasteiger partial charge in [0.05, 0.1) is 11.5 Å². The molecule has 8 N–H and O–H groups in total. The highest BCUT2D eigenvalue weighted by Crippen LogP contribution is 2.30. The molecule has 0 amide bonds. The van der Waals surface area contributed by atoms with E-state index in [1.165, 1.54) is 24.3 Å². The molecule has 0 bridgehead atoms. The van der Waals surface area contributed by atoms with Crippen LogP contribution in [0.25, 0.3) is 0 Å². The van der Waals surface area contributed by atoms with Crippen LogP contribution in [0.4, 0.5) is 5.69 Å². The van der Waals surface area contributed by atoms with Crippen LogP contribution in [0, 0.1) is 10.1 Å². The Morgan fingerprint density at radius 1 is 0.868 bits per heavy atom. The number of benzene rings is 1. The third kappa shape index (κ3) is 7.55. The number of ether oxygens (including phenoxy) is 5. The van der Waals surface area contributed by atoms with Crippen LogP contribution in [-0.2, 0) is 18.9 Å². The first-order valence-corrected chi connectivity index (χ1v) is 12.3. The number of rotatable bonds is 13. The normalized spacial score (nSPS) is 35.7. The predicted octanol–water partition coefficient (Wildman–Crippen LogP) is -2.25. The Morgan fingerprint density at radius 3 is 2.16 bits per heavy atom. The monoisotopic (exact) mass is 548 g/mol. The Kier molecular flexibility index (Phi) is 11.6. The van der Waals surface area contributed by atoms with Crippen molar-refractivity contribution in [3.8, 4) is 5.75 Å². The fraction of sp³-hybridized carbons (Fsp3) is 0.739. The summed E-state index contributed by atoms with van der Waals surface area (Å²) in [4.78, 5) is 10.3. The summed E-state index contributed by atoms with van der Waals surface area (Å²) in [5.41, 5.74) is 5.34. The van der Waals surface area contributed by atoms with Crippen LogP contribution >= 0.6 is 0 Å². The molecule has 2 aliphatic rings. The highest BCUT2D eigenvalue weighted by molar-refractivity contribution is 5.36. The molecule has 0 radical (unpaired) electrons. The van der Waals surface area contributed by atoms with Crippen LogP contribution in [0.3, 0.4) is 0 Å². The topological polar surface area (TPSA) is 237 Å². The Labute approximate surface area is 218 Å². The van der Waals surface area contributed by atoms with Crippen molar-refractivity contribution in [3.05, 3.63) is 34.4 Å². The molecule has 1 aromatic rings. The number of aliphatic hydroxyl groups excluding tert-OH is 6. The summed E-state index contributed by atoms with van der Waals surface area (Å²) in [7, 11) is 0. The van der Waals surface area contributed by atoms with Crippen molar-refractivity contribution in [2.75, 3.05) is 26.4 Å². The van der Waals surface area contributed by atoms with Crippen molar-refractivity contribution in [3.63, 3.8) is 0 Å². The van der Waals surface area contributed by atoms with Crippen LogP contribution in [-0.4, -0.2) is 123 Å². The maximum absolute atomic E-state index is 10.9. The van der Waals surface area contributed by atoms with Crippen LogP contribution in [0.1, 0.15) is 19.3 Å². The molecule has 2 fully saturated rings. The number of hydrogen-bond acceptors (Lipinski definition) is 14. The van der Waals surface area contributed by atoms with Crippen LogP contribution in [0.2, 0.25) is 0 Å². The van der Waals surface area contributed by atoms with Crippen molar-refractivity contribution < 1.29 is 59.2 Å². The van der Waals surface area contributed by atoms with Crippen LogP contribution in [0.15, 0.2) is 24.3 Å². The van der Waals surface area contributed by atoms with E-state index in [2.05, 4.69) is 0 Å². The van der Waals surface area contributed by atoms with E-state index in [-0.39, 0.29) is 24.7 Å². The van der Waals surface area contributed by atoms with E-state index < -0.39 is 72.9 Å². The van der Waals surface area contributed by atoms with E-state index in [1.54, 1.807) is 0 Å². The zero-order chi connectivity index (χ0) is 27.8. The minimum Gasteiger partial charge on any atom is -0.491 e. The zero-order valence-corrected chi connectivity index (χ0v) is 20.6. The second kappa shape index (κ2) is 14.4. The van der Waals surface area contributed by atoms with Gasteiger partial charge in [0.2, 0.25) is 0 Å². The summed E-state index contributed by atoms with van der Waals surface area (Å²) in [6.45, 7) is -0.233. The number of non-ortho nitro benzene ring substituents is 1. The molecule has 3 rings (SSSR count). The second-order valence-corrected chi connectivity index (χ2v) is 9.10. The first-order valence-electron chi connectivity index (χ1n) is 12.3. The minimum absolute atomic E-state index is 0.142. The van der Waals surface area contributed by atoms with Crippen molar-refractivity contribution in [2.45, 2.75) is 80.7 Å². The van der Waals surface area contributed by atoms with E-state index in [0.29, 0.717) is 13.0 Å². The van der Waals surface area contributed by atoms with Crippen molar-refractivity contribution >= 4 is 5.69 Å². The fourth-order valence-electron chi connectivity index (χ4n) is 4.15. The largest absolute Gasteiger partial charge is 0.491 e. The van der Waals surface area contributed by atoms with E-state index in [9.17, 15) is 40.8 Å². The Hall–Kier alpha value is -2.02. The molecule has 216 valence electrons. The molecule has 15 nitrogen and oxygen atoms in total. The third-order valence-corrected chi connectivity index (χ3v) is 6.37. The number of aliphatic hydroxyl groups is 6. The van der Waals surface area contributed by atoms with E-state index in [4.69, 9.17) is 29.4 Å². The van der Waals surface area contributed by atoms with Crippen LogP contribution in [0.5, 0.6) is 5.75 Å². The van der Waals surface area contributed by atoms with Gasteiger partial charge in [-0.15, -0.1) is 0 Å². The van der Waals surface area contributed by atoms with Crippen molar-refractivity contribution in [1.82, 2.24) is 0 Å². The number of nitro benzene ring substituents is 1. The van der Waals surface area contributed by atoms with Gasteiger partial charge in [0.15, 0.2) is 12.6 Å². The summed E-state index contributed by atoms with van der Waals surface area (Å²) in [5, 5.41) is 72.3. The van der Waals surface area contributed by atoms with Gasteiger partial charge in [-0.3, -0.25) is 10.1 Å². The molecular weight excluding hydrogens is 512 g/mol. The molecule has 0 aromatic heterocycles. The summed E-state index contributed by atoms with van der Waals surface area (Å²) in [5.74, 6) is 0.241. The quantitative estimate of drug-likeness (QED) is 0.0783. The van der Waals surface area contributed by atoms with Gasteiger partial charge >= 0.3 is 0 Å². The van der Waals surface area contributed by atoms with Gasteiger partial charge in [-0.1, -0.05) is 0 Å². The summed E-state index contributed by atoms with van der Waals surface area (Å²) in [6, 6.07) is 5.21. The molecule has 0 aliphatic carbocycles. The molecule has 2 aliphatic heterocycles. The minimum atomic E-state index is -1.76. The molecule has 15 heteroatoms. The molecule has 38 heavy (non-hydrogen) atoms. The molecule has 4 unspecified atom stereocenters. The van der Waals surface area contributed by atoms with Gasteiger partial charge in [-0.2, -0.15) is 0 Å². The number of nitrogens with zero attached hydrogens (tertiary/aromatic N) is 1. The zero-order valence-electron chi connectivity index (χ0n) is 20.6. The second-order valence-electron chi connectivity index (χ2n) is 9.10. The molecule has 0 spiro atoms. The summed E-state index contributed by atoms with van der Waals surface area (Å²) < 4.78 is 28.2. The lowest BCUT2D eigenvalue weighted by atomic mass is 9.97. The molecular formula is C23H36N2O13. The third-order valence-electron chi connectivity index (χ3n) is 6.37. The standard InChI is InChI=1S/C23H36N2O13/c24-8-2-1-3-9-34-22-20(31)18(29)21(38-23-19(30)17(28)16(27)14(10-26)36-23)15(37-22)11-35-13-6-4-12(5-7-13)25(32)33/h4-7,14-23,26-31H,1-3,8-11,24H2/t14?,15?,16-,17?,18?,19-,20-,21+,22+,23-/m0/s1. The molecule has 0 saturated carbocycles. The number of unbranched alkanes of at least 4 members (excludes halogenated alkanes) is 2. The number of nitro groups is 1. The Balaban J connectivity index is 1.73. The molecule has 2 heterocycles. The maximum atomic E-state index is 10.9. The smallest absolute Gasteiger partial charge is 0.269 e. The van der Waals surface area contributed by atoms with E-state index in [0.717, 1.165) is 12.8 Å². The lowest BCUT2D eigenvalue weighted by Crippen LogP contribution is -2.65. The average Bonchev–Trinajstić information content (AvgIpc) is 2.91. The van der Waals surface area contributed by atoms with Gasteiger partial charge in [-0.25, -0.2) is 0 Å². The predicted molar refractivity (Wildman–Crippen MR) is 127 cm³/mol. The Morgan fingerprint density at radius 2 is 1.53 bits per heavy atom. The van der Waals surface area contributed by atoms with Gasteiger partial charge < -0.3 is 60.1 Å². The Bertz CT molecular complexity index is 860. The highest BCUT2D eigenvalue weighted by atomic mass is 16.7. The lowest BCUT2D eigenvalue weighted by Gasteiger charge is -2.46. The van der Waals surface area contributed by atoms with Gasteiger partial charge in [0.25, 0.3) is 5.69 Å². The fourth-order valence-corrected chi connectivity index (χ4v) is 4.15. The molecule has 1 aromatic carbocycles. The van der Waals surface area contributed by atoms with E-state index >= 15 is 0 Å². The molecule has 2 saturated heterocycles. The maximum Gasteiger partial charge on any atom is 0.269 e. The van der Waals surface area contributed by atoms with Crippen LogP contribution < -0.4 is 10.5 Å². The van der Waals surface area contributed by atoms with Crippen molar-refractivity contribution in [2.24, 2.45) is 5.73 Å². The highest BCUT2D eigenvalue weighted by Gasteiger charge is 2.51. The summed E-state index contributed by atoms with van der Waals surface area (Å²) >= 11 is 0. The van der Waals surface area contributed by atoms with Gasteiger partial charge in [0, 0.05) is 18.7 Å². The summed E-state index contributed by atoms with van der Waals surface area (Å²) in [6.07, 6.45) is -12.7. The lowest BCUT2D eigenvalue weighted by molar-refractivity contribution is -0.384. The van der Waals surface area contributed by atoms with E-state index in [1.807, 2.05) is 0 Å². The SMILES string of the molecule is NCCCCCO[C@@H]1OC(COc2ccc([N+](=O)[O-])cc2)[C@@H](O[C@@H]2OC(CO)[C@H](O)C(O)[C@@H]2O)C(O)[C@@H]1O. The van der Waals surface area contributed by atoms with Gasteiger partial charge in [-0.05, 0) is 37.9 Å². The van der Waals surface area contributed by atoms with Gasteiger partial charge in [0.1, 0.15) is 61.2 Å². The van der Waals surface area contributed by atoms with Crippen molar-refractivity contribution in [1.29, 1.82) is 0 Å². The first-order chi connectivity index (χ1) is 18.2. The number of hydrogen-bond donors (Lipinski definition) is 7.